The smallest absolute Gasteiger partial charge is 0.266 e. The molecule has 0 saturated heterocycles. The summed E-state index contributed by atoms with van der Waals surface area (Å²) in [7, 11) is 1.60. The van der Waals surface area contributed by atoms with E-state index in [4.69, 9.17) is 9.47 Å². The Morgan fingerprint density at radius 2 is 1.92 bits per heavy atom. The van der Waals surface area contributed by atoms with Crippen LogP contribution in [-0.2, 0) is 4.79 Å². The molecule has 0 bridgehead atoms. The van der Waals surface area contributed by atoms with Crippen LogP contribution in [0.5, 0.6) is 11.5 Å². The highest BCUT2D eigenvalue weighted by Crippen LogP contribution is 2.29. The number of methoxy groups -OCH3 is 1. The molecular formula is C17H15FN2O3S. The van der Waals surface area contributed by atoms with Crippen LogP contribution in [0.2, 0.25) is 0 Å². The van der Waals surface area contributed by atoms with Crippen LogP contribution in [-0.4, -0.2) is 24.1 Å². The Kier molecular flexibility index (Phi) is 4.61. The summed E-state index contributed by atoms with van der Waals surface area (Å²) >= 11 is 1.35. The number of fused-ring (bicyclic) bond motifs is 1. The average Bonchev–Trinajstić information content (AvgIpc) is 2.97. The fourth-order valence-electron chi connectivity index (χ4n) is 2.06. The lowest BCUT2D eigenvalue weighted by Crippen LogP contribution is -2.30. The van der Waals surface area contributed by atoms with Crippen molar-refractivity contribution < 1.29 is 18.7 Å². The number of halogens is 1. The number of carbonyl (C=O) groups is 1. The molecule has 0 saturated carbocycles. The molecule has 0 aliphatic heterocycles. The van der Waals surface area contributed by atoms with Crippen LogP contribution in [0.4, 0.5) is 9.52 Å². The first-order valence-electron chi connectivity index (χ1n) is 7.23. The molecule has 0 radical (unpaired) electrons. The van der Waals surface area contributed by atoms with E-state index < -0.39 is 6.10 Å². The van der Waals surface area contributed by atoms with E-state index in [0.717, 1.165) is 16.0 Å². The van der Waals surface area contributed by atoms with Crippen molar-refractivity contribution in [2.75, 3.05) is 12.4 Å². The van der Waals surface area contributed by atoms with Crippen molar-refractivity contribution in [3.05, 3.63) is 48.3 Å². The monoisotopic (exact) mass is 346 g/mol. The normalized spacial score (nSPS) is 12.0. The first kappa shape index (κ1) is 16.2. The second-order valence-electron chi connectivity index (χ2n) is 5.06. The van der Waals surface area contributed by atoms with E-state index in [2.05, 4.69) is 10.3 Å². The molecule has 1 amide bonds. The van der Waals surface area contributed by atoms with Gasteiger partial charge in [0.2, 0.25) is 0 Å². The van der Waals surface area contributed by atoms with Crippen molar-refractivity contribution in [3.8, 4) is 11.5 Å². The molecule has 3 rings (SSSR count). The standard InChI is InChI=1S/C17H15FN2O3S/c1-10(23-12-5-3-11(18)4-6-12)16(21)20-17-19-14-8-7-13(22-2)9-15(14)24-17/h3-10H,1-2H3,(H,19,20,21)/t10-/m0/s1. The van der Waals surface area contributed by atoms with Gasteiger partial charge in [0.25, 0.3) is 5.91 Å². The van der Waals surface area contributed by atoms with E-state index in [1.54, 1.807) is 14.0 Å². The topological polar surface area (TPSA) is 60.5 Å². The molecule has 0 fully saturated rings. The molecule has 0 spiro atoms. The fraction of sp³-hybridized carbons (Fsp3) is 0.176. The second kappa shape index (κ2) is 6.84. The Morgan fingerprint density at radius 3 is 2.62 bits per heavy atom. The number of nitrogens with zero attached hydrogens (tertiary/aromatic N) is 1. The summed E-state index contributed by atoms with van der Waals surface area (Å²) in [5.41, 5.74) is 0.781. The largest absolute Gasteiger partial charge is 0.497 e. The van der Waals surface area contributed by atoms with Crippen LogP contribution in [0.15, 0.2) is 42.5 Å². The summed E-state index contributed by atoms with van der Waals surface area (Å²) < 4.78 is 24.5. The first-order valence-corrected chi connectivity index (χ1v) is 8.04. The number of ether oxygens (including phenoxy) is 2. The van der Waals surface area contributed by atoms with Gasteiger partial charge in [-0.3, -0.25) is 10.1 Å². The van der Waals surface area contributed by atoms with Gasteiger partial charge in [-0.2, -0.15) is 0 Å². The fourth-order valence-corrected chi connectivity index (χ4v) is 2.96. The van der Waals surface area contributed by atoms with Gasteiger partial charge < -0.3 is 9.47 Å². The number of amides is 1. The lowest BCUT2D eigenvalue weighted by Gasteiger charge is -2.13. The van der Waals surface area contributed by atoms with Crippen LogP contribution in [0, 0.1) is 5.82 Å². The summed E-state index contributed by atoms with van der Waals surface area (Å²) in [6.07, 6.45) is -0.739. The molecule has 0 aliphatic rings. The van der Waals surface area contributed by atoms with Crippen LogP contribution in [0.3, 0.4) is 0 Å². The van der Waals surface area contributed by atoms with E-state index >= 15 is 0 Å². The highest BCUT2D eigenvalue weighted by Gasteiger charge is 2.17. The minimum absolute atomic E-state index is 0.328. The van der Waals surface area contributed by atoms with Gasteiger partial charge in [0.1, 0.15) is 17.3 Å². The first-order chi connectivity index (χ1) is 11.5. The molecule has 3 aromatic rings. The Balaban J connectivity index is 1.68. The van der Waals surface area contributed by atoms with Crippen LogP contribution < -0.4 is 14.8 Å². The number of carbonyl (C=O) groups excluding carboxylic acids is 1. The molecule has 1 N–H and O–H groups in total. The van der Waals surface area contributed by atoms with Crippen molar-refractivity contribution in [2.24, 2.45) is 0 Å². The molecule has 7 heteroatoms. The molecule has 2 aromatic carbocycles. The number of thiazole rings is 1. The zero-order valence-corrected chi connectivity index (χ0v) is 13.9. The number of hydrogen-bond donors (Lipinski definition) is 1. The summed E-state index contributed by atoms with van der Waals surface area (Å²) in [6.45, 7) is 1.62. The predicted octanol–water partition coefficient (Wildman–Crippen LogP) is 3.85. The highest BCUT2D eigenvalue weighted by atomic mass is 32.1. The molecule has 124 valence electrons. The van der Waals surface area contributed by atoms with Crippen molar-refractivity contribution in [3.63, 3.8) is 0 Å². The third-order valence-corrected chi connectivity index (χ3v) is 4.26. The van der Waals surface area contributed by atoms with Crippen LogP contribution in [0.1, 0.15) is 6.92 Å². The quantitative estimate of drug-likeness (QED) is 0.762. The van der Waals surface area contributed by atoms with Gasteiger partial charge in [0, 0.05) is 0 Å². The van der Waals surface area contributed by atoms with Crippen LogP contribution in [0.25, 0.3) is 10.2 Å². The van der Waals surface area contributed by atoms with Gasteiger partial charge in [-0.05, 0) is 49.4 Å². The summed E-state index contributed by atoms with van der Waals surface area (Å²) in [5.74, 6) is 0.472. The zero-order chi connectivity index (χ0) is 17.1. The summed E-state index contributed by atoms with van der Waals surface area (Å²) in [4.78, 5) is 16.6. The summed E-state index contributed by atoms with van der Waals surface area (Å²) in [6, 6.07) is 11.0. The molecule has 24 heavy (non-hydrogen) atoms. The number of hydrogen-bond acceptors (Lipinski definition) is 5. The predicted molar refractivity (Wildman–Crippen MR) is 91.3 cm³/mol. The van der Waals surface area contributed by atoms with E-state index in [-0.39, 0.29) is 11.7 Å². The average molecular weight is 346 g/mol. The Bertz CT molecular complexity index is 864. The molecule has 1 heterocycles. The summed E-state index contributed by atoms with van der Waals surface area (Å²) in [5, 5.41) is 3.21. The number of aromatic nitrogens is 1. The van der Waals surface area contributed by atoms with Gasteiger partial charge in [0.05, 0.1) is 17.3 Å². The molecule has 0 aliphatic carbocycles. The highest BCUT2D eigenvalue weighted by molar-refractivity contribution is 7.22. The van der Waals surface area contributed by atoms with Gasteiger partial charge in [0.15, 0.2) is 11.2 Å². The maximum absolute atomic E-state index is 12.9. The third kappa shape index (κ3) is 3.62. The van der Waals surface area contributed by atoms with Crippen molar-refractivity contribution in [2.45, 2.75) is 13.0 Å². The van der Waals surface area contributed by atoms with Crippen LogP contribution >= 0.6 is 11.3 Å². The minimum Gasteiger partial charge on any atom is -0.497 e. The van der Waals surface area contributed by atoms with E-state index in [0.29, 0.717) is 10.9 Å². The molecular weight excluding hydrogens is 331 g/mol. The molecule has 0 unspecified atom stereocenters. The molecule has 1 aromatic heterocycles. The van der Waals surface area contributed by atoms with Gasteiger partial charge in [-0.1, -0.05) is 11.3 Å². The van der Waals surface area contributed by atoms with Crippen molar-refractivity contribution in [1.29, 1.82) is 0 Å². The second-order valence-corrected chi connectivity index (χ2v) is 6.09. The lowest BCUT2D eigenvalue weighted by molar-refractivity contribution is -0.122. The maximum Gasteiger partial charge on any atom is 0.266 e. The van der Waals surface area contributed by atoms with E-state index in [1.807, 2.05) is 18.2 Å². The minimum atomic E-state index is -0.739. The Labute approximate surface area is 142 Å². The Hall–Kier alpha value is -2.67. The van der Waals surface area contributed by atoms with Gasteiger partial charge >= 0.3 is 0 Å². The number of anilines is 1. The van der Waals surface area contributed by atoms with E-state index in [9.17, 15) is 9.18 Å². The lowest BCUT2D eigenvalue weighted by atomic mass is 10.3. The zero-order valence-electron chi connectivity index (χ0n) is 13.1. The number of benzene rings is 2. The van der Waals surface area contributed by atoms with E-state index in [1.165, 1.54) is 35.6 Å². The number of rotatable bonds is 5. The molecule has 1 atom stereocenters. The number of nitrogens with one attached hydrogen (secondary N) is 1. The van der Waals surface area contributed by atoms with Gasteiger partial charge in [-0.15, -0.1) is 0 Å². The SMILES string of the molecule is COc1ccc2nc(NC(=O)[C@H](C)Oc3ccc(F)cc3)sc2c1. The van der Waals surface area contributed by atoms with Crippen molar-refractivity contribution >= 4 is 32.6 Å². The van der Waals surface area contributed by atoms with Crippen molar-refractivity contribution in [1.82, 2.24) is 4.98 Å². The van der Waals surface area contributed by atoms with Gasteiger partial charge in [-0.25, -0.2) is 9.37 Å². The molecule has 5 nitrogen and oxygen atoms in total. The Morgan fingerprint density at radius 1 is 1.21 bits per heavy atom. The maximum atomic E-state index is 12.9. The third-order valence-electron chi connectivity index (χ3n) is 3.32.